The minimum atomic E-state index is -0.857. The molecule has 0 aliphatic heterocycles. The smallest absolute Gasteiger partial charge is 0.335 e. The van der Waals surface area contributed by atoms with E-state index in [1.54, 1.807) is 17.8 Å². The summed E-state index contributed by atoms with van der Waals surface area (Å²) in [6.45, 7) is 3.98. The second-order valence-electron chi connectivity index (χ2n) is 4.29. The normalized spacial score (nSPS) is 10.6. The number of carboxylic acids is 1. The predicted molar refractivity (Wildman–Crippen MR) is 81.4 cm³/mol. The Morgan fingerprint density at radius 3 is 2.63 bits per heavy atom. The number of benzene rings is 1. The SMILES string of the molecule is CCc1ccc(CSc2ccc(C)c(C(=O)O)c2)s1. The summed E-state index contributed by atoms with van der Waals surface area (Å²) in [5.74, 6) is 0.0385. The van der Waals surface area contributed by atoms with Gasteiger partial charge in [-0.2, -0.15) is 0 Å². The van der Waals surface area contributed by atoms with Gasteiger partial charge in [0, 0.05) is 20.4 Å². The van der Waals surface area contributed by atoms with Gasteiger partial charge in [-0.25, -0.2) is 4.79 Å². The van der Waals surface area contributed by atoms with E-state index in [1.165, 1.54) is 9.75 Å². The zero-order chi connectivity index (χ0) is 13.8. The lowest BCUT2D eigenvalue weighted by Gasteiger charge is -2.04. The van der Waals surface area contributed by atoms with E-state index in [4.69, 9.17) is 5.11 Å². The summed E-state index contributed by atoms with van der Waals surface area (Å²) >= 11 is 3.51. The second kappa shape index (κ2) is 6.26. The predicted octanol–water partition coefficient (Wildman–Crippen LogP) is 4.61. The summed E-state index contributed by atoms with van der Waals surface area (Å²) in [6, 6.07) is 9.94. The Morgan fingerprint density at radius 2 is 2.00 bits per heavy atom. The third kappa shape index (κ3) is 3.61. The topological polar surface area (TPSA) is 37.3 Å². The molecule has 19 heavy (non-hydrogen) atoms. The molecule has 0 amide bonds. The molecule has 4 heteroatoms. The Kier molecular flexibility index (Phi) is 4.66. The zero-order valence-electron chi connectivity index (χ0n) is 11.0. The third-order valence-electron chi connectivity index (χ3n) is 2.89. The fraction of sp³-hybridized carbons (Fsp3) is 0.267. The summed E-state index contributed by atoms with van der Waals surface area (Å²) in [6.07, 6.45) is 1.07. The fourth-order valence-electron chi connectivity index (χ4n) is 1.77. The molecule has 1 heterocycles. The number of hydrogen-bond acceptors (Lipinski definition) is 3. The van der Waals surface area contributed by atoms with Crippen LogP contribution < -0.4 is 0 Å². The van der Waals surface area contributed by atoms with Gasteiger partial charge >= 0.3 is 5.97 Å². The molecule has 1 N–H and O–H groups in total. The highest BCUT2D eigenvalue weighted by Gasteiger charge is 2.08. The minimum absolute atomic E-state index is 0.394. The van der Waals surface area contributed by atoms with Crippen molar-refractivity contribution < 1.29 is 9.90 Å². The molecule has 2 aromatic rings. The van der Waals surface area contributed by atoms with Crippen molar-refractivity contribution in [3.8, 4) is 0 Å². The van der Waals surface area contributed by atoms with Crippen LogP contribution in [0.5, 0.6) is 0 Å². The van der Waals surface area contributed by atoms with Gasteiger partial charge in [-0.15, -0.1) is 23.1 Å². The van der Waals surface area contributed by atoms with Crippen LogP contribution in [-0.2, 0) is 12.2 Å². The molecule has 0 radical (unpaired) electrons. The first-order valence-corrected chi connectivity index (χ1v) is 7.94. The monoisotopic (exact) mass is 292 g/mol. The molecule has 0 fully saturated rings. The van der Waals surface area contributed by atoms with Crippen LogP contribution in [0.2, 0.25) is 0 Å². The molecular weight excluding hydrogens is 276 g/mol. The zero-order valence-corrected chi connectivity index (χ0v) is 12.6. The summed E-state index contributed by atoms with van der Waals surface area (Å²) in [5, 5.41) is 9.10. The lowest BCUT2D eigenvalue weighted by Crippen LogP contribution is -1.99. The van der Waals surface area contributed by atoms with Crippen molar-refractivity contribution in [2.75, 3.05) is 0 Å². The average Bonchev–Trinajstić information content (AvgIpc) is 2.85. The maximum absolute atomic E-state index is 11.1. The molecule has 0 spiro atoms. The van der Waals surface area contributed by atoms with Crippen LogP contribution >= 0.6 is 23.1 Å². The van der Waals surface area contributed by atoms with E-state index in [0.717, 1.165) is 22.6 Å². The molecular formula is C15H16O2S2. The Hall–Kier alpha value is -1.26. The highest BCUT2D eigenvalue weighted by molar-refractivity contribution is 7.98. The van der Waals surface area contributed by atoms with E-state index in [9.17, 15) is 4.79 Å². The van der Waals surface area contributed by atoms with Crippen LogP contribution in [0, 0.1) is 6.92 Å². The molecule has 100 valence electrons. The first-order chi connectivity index (χ1) is 9.10. The van der Waals surface area contributed by atoms with Crippen molar-refractivity contribution in [1.82, 2.24) is 0 Å². The van der Waals surface area contributed by atoms with Gasteiger partial charge in [-0.3, -0.25) is 0 Å². The van der Waals surface area contributed by atoms with E-state index >= 15 is 0 Å². The third-order valence-corrected chi connectivity index (χ3v) is 5.34. The number of hydrogen-bond donors (Lipinski definition) is 1. The Bertz CT molecular complexity index is 588. The van der Waals surface area contributed by atoms with Crippen LogP contribution in [0.3, 0.4) is 0 Å². The Balaban J connectivity index is 2.07. The summed E-state index contributed by atoms with van der Waals surface area (Å²) in [4.78, 5) is 14.8. The number of aromatic carboxylic acids is 1. The molecule has 0 bridgehead atoms. The number of carboxylic acid groups (broad SMARTS) is 1. The van der Waals surface area contributed by atoms with E-state index in [1.807, 2.05) is 30.4 Å². The Morgan fingerprint density at radius 1 is 1.26 bits per heavy atom. The average molecular weight is 292 g/mol. The van der Waals surface area contributed by atoms with Gasteiger partial charge < -0.3 is 5.11 Å². The summed E-state index contributed by atoms with van der Waals surface area (Å²) in [5.41, 5.74) is 1.20. The molecule has 0 aliphatic carbocycles. The van der Waals surface area contributed by atoms with E-state index < -0.39 is 5.97 Å². The maximum atomic E-state index is 11.1. The first-order valence-electron chi connectivity index (χ1n) is 6.14. The van der Waals surface area contributed by atoms with Crippen molar-refractivity contribution in [1.29, 1.82) is 0 Å². The number of rotatable bonds is 5. The number of thiophene rings is 1. The standard InChI is InChI=1S/C15H16O2S2/c1-3-11-6-7-13(19-11)9-18-12-5-4-10(2)14(8-12)15(16)17/h4-8H,3,9H2,1-2H3,(H,16,17). The van der Waals surface area contributed by atoms with Crippen molar-refractivity contribution in [3.05, 3.63) is 51.2 Å². The van der Waals surface area contributed by atoms with Gasteiger partial charge in [0.2, 0.25) is 0 Å². The fourth-order valence-corrected chi connectivity index (χ4v) is 3.70. The molecule has 0 aliphatic rings. The van der Waals surface area contributed by atoms with Crippen LogP contribution in [0.4, 0.5) is 0 Å². The Labute approximate surface area is 121 Å². The quantitative estimate of drug-likeness (QED) is 0.818. The van der Waals surface area contributed by atoms with E-state index in [2.05, 4.69) is 19.1 Å². The molecule has 0 saturated carbocycles. The van der Waals surface area contributed by atoms with Crippen LogP contribution in [-0.4, -0.2) is 11.1 Å². The lowest BCUT2D eigenvalue weighted by molar-refractivity contribution is 0.0696. The molecule has 1 aromatic heterocycles. The highest BCUT2D eigenvalue weighted by atomic mass is 32.2. The van der Waals surface area contributed by atoms with E-state index in [-0.39, 0.29) is 0 Å². The van der Waals surface area contributed by atoms with Crippen LogP contribution in [0.25, 0.3) is 0 Å². The molecule has 1 aromatic carbocycles. The molecule has 2 nitrogen and oxygen atoms in total. The molecule has 0 saturated heterocycles. The van der Waals surface area contributed by atoms with Gasteiger partial charge in [0.25, 0.3) is 0 Å². The minimum Gasteiger partial charge on any atom is -0.478 e. The highest BCUT2D eigenvalue weighted by Crippen LogP contribution is 2.28. The van der Waals surface area contributed by atoms with E-state index in [0.29, 0.717) is 5.56 Å². The van der Waals surface area contributed by atoms with Gasteiger partial charge in [0.05, 0.1) is 5.56 Å². The summed E-state index contributed by atoms with van der Waals surface area (Å²) < 4.78 is 0. The van der Waals surface area contributed by atoms with Crippen LogP contribution in [0.15, 0.2) is 35.2 Å². The second-order valence-corrected chi connectivity index (χ2v) is 6.59. The van der Waals surface area contributed by atoms with Gasteiger partial charge in [0.1, 0.15) is 0 Å². The maximum Gasteiger partial charge on any atom is 0.335 e. The summed E-state index contributed by atoms with van der Waals surface area (Å²) in [7, 11) is 0. The van der Waals surface area contributed by atoms with Gasteiger partial charge in [-0.05, 0) is 43.2 Å². The molecule has 0 atom stereocenters. The van der Waals surface area contributed by atoms with Gasteiger partial charge in [0.15, 0.2) is 0 Å². The first kappa shape index (κ1) is 14.2. The van der Waals surface area contributed by atoms with Crippen molar-refractivity contribution in [2.45, 2.75) is 30.9 Å². The lowest BCUT2D eigenvalue weighted by atomic mass is 10.1. The largest absolute Gasteiger partial charge is 0.478 e. The van der Waals surface area contributed by atoms with Crippen molar-refractivity contribution >= 4 is 29.1 Å². The van der Waals surface area contributed by atoms with Gasteiger partial charge in [-0.1, -0.05) is 13.0 Å². The number of aryl methyl sites for hydroxylation is 2. The number of thioether (sulfide) groups is 1. The number of carbonyl (C=O) groups is 1. The molecule has 0 unspecified atom stereocenters. The van der Waals surface area contributed by atoms with Crippen molar-refractivity contribution in [3.63, 3.8) is 0 Å². The van der Waals surface area contributed by atoms with Crippen molar-refractivity contribution in [2.24, 2.45) is 0 Å². The molecule has 2 rings (SSSR count). The van der Waals surface area contributed by atoms with Crippen LogP contribution in [0.1, 0.15) is 32.6 Å².